The Kier molecular flexibility index (Phi) is 6.24. The minimum atomic E-state index is -3.97. The number of carbonyl (C=O) groups excluding carboxylic acids is 1. The molecule has 10 heteroatoms. The van der Waals surface area contributed by atoms with Crippen LogP contribution in [0.5, 0.6) is 0 Å². The van der Waals surface area contributed by atoms with Crippen LogP contribution in [0.2, 0.25) is 0 Å². The number of fused-ring (bicyclic) bond motifs is 3. The first kappa shape index (κ1) is 23.9. The highest BCUT2D eigenvalue weighted by molar-refractivity contribution is 7.90. The van der Waals surface area contributed by atoms with Crippen molar-refractivity contribution in [2.75, 3.05) is 6.26 Å². The average molecular weight is 501 g/mol. The van der Waals surface area contributed by atoms with Gasteiger partial charge in [-0.3, -0.25) is 4.79 Å². The molecular weight excluding hydrogens is 476 g/mol. The van der Waals surface area contributed by atoms with Crippen LogP contribution in [-0.4, -0.2) is 35.0 Å². The lowest BCUT2D eigenvalue weighted by Crippen LogP contribution is -2.44. The van der Waals surface area contributed by atoms with Crippen LogP contribution in [0, 0.1) is 0 Å². The predicted octanol–water partition coefficient (Wildman–Crippen LogP) is 3.59. The summed E-state index contributed by atoms with van der Waals surface area (Å²) in [5.41, 5.74) is 8.05. The molecule has 4 aromatic rings. The molecular formula is C24H24N2O6S2. The Morgan fingerprint density at radius 3 is 2.15 bits per heavy atom. The fraction of sp³-hybridized carbons (Fsp3) is 0.208. The molecule has 0 bridgehead atoms. The van der Waals surface area contributed by atoms with Gasteiger partial charge in [-0.05, 0) is 60.0 Å². The lowest BCUT2D eigenvalue weighted by Gasteiger charge is -2.14. The molecule has 1 atom stereocenters. The van der Waals surface area contributed by atoms with E-state index < -0.39 is 31.8 Å². The quantitative estimate of drug-likeness (QED) is 0.379. The van der Waals surface area contributed by atoms with Crippen LogP contribution in [0.15, 0.2) is 74.9 Å². The highest BCUT2D eigenvalue weighted by Gasteiger charge is 2.24. The number of rotatable bonds is 8. The van der Waals surface area contributed by atoms with Gasteiger partial charge in [0.15, 0.2) is 9.84 Å². The van der Waals surface area contributed by atoms with E-state index in [4.69, 9.17) is 10.2 Å². The second-order valence-electron chi connectivity index (χ2n) is 8.13. The number of nitrogens with one attached hydrogen (secondary N) is 1. The smallest absolute Gasteiger partial charge is 0.241 e. The summed E-state index contributed by atoms with van der Waals surface area (Å²) in [6, 6.07) is 15.6. The van der Waals surface area contributed by atoms with E-state index in [1.807, 2.05) is 25.1 Å². The Balaban J connectivity index is 1.71. The molecule has 3 N–H and O–H groups in total. The third kappa shape index (κ3) is 4.70. The Bertz CT molecular complexity index is 1600. The average Bonchev–Trinajstić information content (AvgIpc) is 3.15. The van der Waals surface area contributed by atoms with Crippen molar-refractivity contribution in [3.05, 3.63) is 60.7 Å². The van der Waals surface area contributed by atoms with Crippen molar-refractivity contribution in [2.45, 2.75) is 35.6 Å². The van der Waals surface area contributed by atoms with E-state index in [0.717, 1.165) is 22.8 Å². The van der Waals surface area contributed by atoms with Crippen molar-refractivity contribution < 1.29 is 26.0 Å². The van der Waals surface area contributed by atoms with Gasteiger partial charge in [-0.25, -0.2) is 16.8 Å². The molecule has 4 rings (SSSR count). The Morgan fingerprint density at radius 1 is 0.882 bits per heavy atom. The number of hydrogen-bond donors (Lipinski definition) is 2. The van der Waals surface area contributed by atoms with E-state index in [2.05, 4.69) is 4.72 Å². The van der Waals surface area contributed by atoms with Crippen molar-refractivity contribution >= 4 is 47.7 Å². The maximum atomic E-state index is 12.9. The van der Waals surface area contributed by atoms with Crippen LogP contribution in [0.1, 0.15) is 19.8 Å². The number of benzene rings is 3. The van der Waals surface area contributed by atoms with Crippen molar-refractivity contribution in [1.29, 1.82) is 0 Å². The van der Waals surface area contributed by atoms with Crippen molar-refractivity contribution in [1.82, 2.24) is 4.72 Å². The fourth-order valence-corrected chi connectivity index (χ4v) is 5.70. The summed E-state index contributed by atoms with van der Waals surface area (Å²) < 4.78 is 57.4. The third-order valence-electron chi connectivity index (χ3n) is 5.59. The molecule has 0 aliphatic rings. The maximum absolute atomic E-state index is 12.9. The molecule has 178 valence electrons. The molecule has 1 heterocycles. The molecule has 0 aliphatic heterocycles. The summed E-state index contributed by atoms with van der Waals surface area (Å²) in [6.07, 6.45) is 2.06. The highest BCUT2D eigenvalue weighted by Crippen LogP contribution is 2.33. The number of carbonyl (C=O) groups is 1. The molecule has 8 nitrogen and oxygen atoms in total. The van der Waals surface area contributed by atoms with E-state index >= 15 is 0 Å². The molecule has 0 radical (unpaired) electrons. The summed E-state index contributed by atoms with van der Waals surface area (Å²) in [5, 5.41) is 1.34. The van der Waals surface area contributed by atoms with E-state index in [1.54, 1.807) is 30.3 Å². The van der Waals surface area contributed by atoms with E-state index in [9.17, 15) is 21.6 Å². The zero-order valence-electron chi connectivity index (χ0n) is 18.6. The van der Waals surface area contributed by atoms with Crippen molar-refractivity contribution in [3.63, 3.8) is 0 Å². The SMILES string of the molecule is CCCC(NS(=O)(=O)c1ccc2oc3cc(-c4ccc(S(C)(=O)=O)cc4)ccc3c2c1)C(N)=O. The lowest BCUT2D eigenvalue weighted by atomic mass is 10.0. The van der Waals surface area contributed by atoms with Crippen LogP contribution in [0.3, 0.4) is 0 Å². The number of amides is 1. The van der Waals surface area contributed by atoms with E-state index in [0.29, 0.717) is 29.4 Å². The molecule has 34 heavy (non-hydrogen) atoms. The first-order valence-corrected chi connectivity index (χ1v) is 14.0. The first-order chi connectivity index (χ1) is 16.0. The Labute approximate surface area is 197 Å². The molecule has 0 saturated carbocycles. The van der Waals surface area contributed by atoms with Gasteiger partial charge in [-0.2, -0.15) is 4.72 Å². The first-order valence-electron chi connectivity index (χ1n) is 10.6. The van der Waals surface area contributed by atoms with Crippen LogP contribution in [0.4, 0.5) is 0 Å². The highest BCUT2D eigenvalue weighted by atomic mass is 32.2. The van der Waals surface area contributed by atoms with E-state index in [1.165, 1.54) is 12.1 Å². The topological polar surface area (TPSA) is 137 Å². The van der Waals surface area contributed by atoms with E-state index in [-0.39, 0.29) is 9.79 Å². The second kappa shape index (κ2) is 8.86. The van der Waals surface area contributed by atoms with Gasteiger partial charge in [0.05, 0.1) is 9.79 Å². The molecule has 3 aromatic carbocycles. The molecule has 1 unspecified atom stereocenters. The molecule has 0 saturated heterocycles. The van der Waals surface area contributed by atoms with Gasteiger partial charge >= 0.3 is 0 Å². The Morgan fingerprint density at radius 2 is 1.53 bits per heavy atom. The van der Waals surface area contributed by atoms with Gasteiger partial charge in [-0.1, -0.05) is 31.5 Å². The second-order valence-corrected chi connectivity index (χ2v) is 11.9. The zero-order chi connectivity index (χ0) is 24.7. The molecule has 0 aliphatic carbocycles. The normalized spacial score (nSPS) is 13.4. The largest absolute Gasteiger partial charge is 0.456 e. The molecule has 1 amide bonds. The predicted molar refractivity (Wildman–Crippen MR) is 130 cm³/mol. The molecule has 1 aromatic heterocycles. The fourth-order valence-electron chi connectivity index (χ4n) is 3.80. The standard InChI is InChI=1S/C24H24N2O6S2/c1-3-4-21(24(25)27)26-34(30,31)18-10-12-22-20(14-18)19-11-7-16(13-23(19)32-22)15-5-8-17(9-6-15)33(2,28)29/h5-14,21,26H,3-4H2,1-2H3,(H2,25,27). The zero-order valence-corrected chi connectivity index (χ0v) is 20.2. The number of furan rings is 1. The maximum Gasteiger partial charge on any atom is 0.241 e. The summed E-state index contributed by atoms with van der Waals surface area (Å²) in [5.74, 6) is -0.725. The summed E-state index contributed by atoms with van der Waals surface area (Å²) >= 11 is 0. The van der Waals surface area contributed by atoms with Gasteiger partial charge in [0.25, 0.3) is 0 Å². The number of sulfonamides is 1. The Hall–Kier alpha value is -3.21. The van der Waals surface area contributed by atoms with Gasteiger partial charge in [0, 0.05) is 17.0 Å². The van der Waals surface area contributed by atoms with Gasteiger partial charge in [0.2, 0.25) is 15.9 Å². The molecule has 0 fully saturated rings. The third-order valence-corrected chi connectivity index (χ3v) is 8.18. The summed E-state index contributed by atoms with van der Waals surface area (Å²) in [6.45, 7) is 1.84. The van der Waals surface area contributed by atoms with Crippen LogP contribution >= 0.6 is 0 Å². The number of nitrogens with two attached hydrogens (primary N) is 1. The summed E-state index contributed by atoms with van der Waals surface area (Å²) in [7, 11) is -7.26. The minimum absolute atomic E-state index is 0.00509. The van der Waals surface area contributed by atoms with Crippen LogP contribution in [0.25, 0.3) is 33.1 Å². The minimum Gasteiger partial charge on any atom is -0.456 e. The van der Waals surface area contributed by atoms with Gasteiger partial charge < -0.3 is 10.2 Å². The van der Waals surface area contributed by atoms with Crippen molar-refractivity contribution in [3.8, 4) is 11.1 Å². The van der Waals surface area contributed by atoms with Crippen LogP contribution < -0.4 is 10.5 Å². The monoisotopic (exact) mass is 500 g/mol. The van der Waals surface area contributed by atoms with Gasteiger partial charge in [0.1, 0.15) is 17.2 Å². The molecule has 0 spiro atoms. The van der Waals surface area contributed by atoms with Gasteiger partial charge in [-0.15, -0.1) is 0 Å². The summed E-state index contributed by atoms with van der Waals surface area (Å²) in [4.78, 5) is 11.9. The number of sulfone groups is 1. The van der Waals surface area contributed by atoms with Crippen LogP contribution in [-0.2, 0) is 24.7 Å². The number of primary amides is 1. The van der Waals surface area contributed by atoms with Crippen molar-refractivity contribution in [2.24, 2.45) is 5.73 Å². The lowest BCUT2D eigenvalue weighted by molar-refractivity contribution is -0.119. The number of hydrogen-bond acceptors (Lipinski definition) is 6.